The Hall–Kier alpha value is -1.37. The maximum absolute atomic E-state index is 4.64. The summed E-state index contributed by atoms with van der Waals surface area (Å²) in [5, 5.41) is 0. The minimum Gasteiger partial charge on any atom is -0.262 e. The number of hydrogen-bond donors (Lipinski definition) is 0. The van der Waals surface area contributed by atoms with Crippen molar-refractivity contribution in [2.24, 2.45) is 10.9 Å². The van der Waals surface area contributed by atoms with Crippen LogP contribution in [0.15, 0.2) is 41.0 Å². The fraction of sp³-hybridized carbons (Fsp3) is 0.357. The molecule has 1 aliphatic rings. The van der Waals surface area contributed by atoms with Crippen molar-refractivity contribution in [1.29, 1.82) is 0 Å². The van der Waals surface area contributed by atoms with Gasteiger partial charge in [-0.25, -0.2) is 0 Å². The Kier molecular flexibility index (Phi) is 2.72. The lowest BCUT2D eigenvalue weighted by Gasteiger charge is -2.06. The van der Waals surface area contributed by atoms with E-state index in [0.717, 1.165) is 6.42 Å². The van der Waals surface area contributed by atoms with Crippen molar-refractivity contribution in [2.45, 2.75) is 27.2 Å². The SMILES string of the molecule is CC1=C(c2ccccc2)CC(C(C)C)=N1. The molecule has 0 spiro atoms. The van der Waals surface area contributed by atoms with E-state index in [1.165, 1.54) is 22.5 Å². The van der Waals surface area contributed by atoms with Gasteiger partial charge in [-0.3, -0.25) is 4.99 Å². The molecule has 0 fully saturated rings. The largest absolute Gasteiger partial charge is 0.262 e. The lowest BCUT2D eigenvalue weighted by atomic mass is 9.97. The molecule has 0 aliphatic carbocycles. The van der Waals surface area contributed by atoms with Crippen molar-refractivity contribution in [1.82, 2.24) is 0 Å². The smallest absolute Gasteiger partial charge is 0.0414 e. The molecule has 0 unspecified atom stereocenters. The van der Waals surface area contributed by atoms with Crippen molar-refractivity contribution < 1.29 is 0 Å². The molecule has 1 aromatic carbocycles. The average Bonchev–Trinajstić information content (AvgIpc) is 2.62. The molecule has 0 amide bonds. The first-order chi connectivity index (χ1) is 7.18. The second kappa shape index (κ2) is 4.01. The summed E-state index contributed by atoms with van der Waals surface area (Å²) in [6, 6.07) is 10.6. The summed E-state index contributed by atoms with van der Waals surface area (Å²) in [6.07, 6.45) is 1.02. The predicted molar refractivity (Wildman–Crippen MR) is 65.9 cm³/mol. The van der Waals surface area contributed by atoms with E-state index in [2.05, 4.69) is 56.1 Å². The van der Waals surface area contributed by atoms with E-state index in [4.69, 9.17) is 0 Å². The van der Waals surface area contributed by atoms with Gasteiger partial charge in [0.15, 0.2) is 0 Å². The van der Waals surface area contributed by atoms with Crippen LogP contribution in [0.1, 0.15) is 32.8 Å². The Morgan fingerprint density at radius 1 is 1.13 bits per heavy atom. The van der Waals surface area contributed by atoms with Crippen molar-refractivity contribution in [3.05, 3.63) is 41.6 Å². The quantitative estimate of drug-likeness (QED) is 0.684. The van der Waals surface area contributed by atoms with Crippen molar-refractivity contribution in [3.63, 3.8) is 0 Å². The van der Waals surface area contributed by atoms with E-state index >= 15 is 0 Å². The van der Waals surface area contributed by atoms with Crippen LogP contribution in [0, 0.1) is 5.92 Å². The van der Waals surface area contributed by atoms with Gasteiger partial charge in [-0.1, -0.05) is 44.2 Å². The van der Waals surface area contributed by atoms with E-state index in [1.54, 1.807) is 0 Å². The van der Waals surface area contributed by atoms with Crippen LogP contribution in [-0.4, -0.2) is 5.71 Å². The van der Waals surface area contributed by atoms with E-state index in [1.807, 2.05) is 0 Å². The lowest BCUT2D eigenvalue weighted by Crippen LogP contribution is -2.04. The molecule has 0 aromatic heterocycles. The molecule has 78 valence electrons. The van der Waals surface area contributed by atoms with E-state index in [-0.39, 0.29) is 0 Å². The predicted octanol–water partition coefficient (Wildman–Crippen LogP) is 3.92. The first-order valence-corrected chi connectivity index (χ1v) is 5.51. The summed E-state index contributed by atoms with van der Waals surface area (Å²) in [7, 11) is 0. The van der Waals surface area contributed by atoms with Gasteiger partial charge in [0.05, 0.1) is 0 Å². The van der Waals surface area contributed by atoms with Crippen LogP contribution < -0.4 is 0 Å². The highest BCUT2D eigenvalue weighted by Gasteiger charge is 2.18. The van der Waals surface area contributed by atoms with E-state index in [9.17, 15) is 0 Å². The van der Waals surface area contributed by atoms with Crippen LogP contribution >= 0.6 is 0 Å². The standard InChI is InChI=1S/C14H17N/c1-10(2)14-9-13(11(3)15-14)12-7-5-4-6-8-12/h4-8,10H,9H2,1-3H3. The fourth-order valence-corrected chi connectivity index (χ4v) is 1.91. The Labute approximate surface area is 91.6 Å². The van der Waals surface area contributed by atoms with Gasteiger partial charge in [-0.2, -0.15) is 0 Å². The number of nitrogens with zero attached hydrogens (tertiary/aromatic N) is 1. The first-order valence-electron chi connectivity index (χ1n) is 5.51. The molecule has 1 heteroatoms. The molecule has 1 heterocycles. The lowest BCUT2D eigenvalue weighted by molar-refractivity contribution is 0.872. The Balaban J connectivity index is 2.26. The van der Waals surface area contributed by atoms with Gasteiger partial charge in [-0.15, -0.1) is 0 Å². The minimum atomic E-state index is 0.557. The van der Waals surface area contributed by atoms with Gasteiger partial charge in [0, 0.05) is 17.8 Å². The number of hydrogen-bond acceptors (Lipinski definition) is 1. The molecule has 0 radical (unpaired) electrons. The topological polar surface area (TPSA) is 12.4 Å². The molecule has 0 bridgehead atoms. The zero-order valence-corrected chi connectivity index (χ0v) is 9.62. The summed E-state index contributed by atoms with van der Waals surface area (Å²) in [5.74, 6) is 0.557. The highest BCUT2D eigenvalue weighted by Crippen LogP contribution is 2.30. The van der Waals surface area contributed by atoms with E-state index < -0.39 is 0 Å². The highest BCUT2D eigenvalue weighted by atomic mass is 14.8. The van der Waals surface area contributed by atoms with Gasteiger partial charge >= 0.3 is 0 Å². The average molecular weight is 199 g/mol. The molecule has 15 heavy (non-hydrogen) atoms. The summed E-state index contributed by atoms with van der Waals surface area (Å²) in [6.45, 7) is 6.53. The van der Waals surface area contributed by atoms with Crippen LogP contribution in [0.25, 0.3) is 5.57 Å². The summed E-state index contributed by atoms with van der Waals surface area (Å²) in [5.41, 5.74) is 5.20. The highest BCUT2D eigenvalue weighted by molar-refractivity contribution is 6.00. The number of aliphatic imine (C=N–C) groups is 1. The molecule has 1 nitrogen and oxygen atoms in total. The molecule has 0 atom stereocenters. The first kappa shape index (κ1) is 10.2. The Morgan fingerprint density at radius 3 is 2.33 bits per heavy atom. The number of benzene rings is 1. The Morgan fingerprint density at radius 2 is 1.80 bits per heavy atom. The molecular weight excluding hydrogens is 182 g/mol. The summed E-state index contributed by atoms with van der Waals surface area (Å²) >= 11 is 0. The zero-order chi connectivity index (χ0) is 10.8. The van der Waals surface area contributed by atoms with Crippen LogP contribution in [0.3, 0.4) is 0 Å². The van der Waals surface area contributed by atoms with Gasteiger partial charge in [0.25, 0.3) is 0 Å². The molecule has 0 saturated heterocycles. The van der Waals surface area contributed by atoms with Gasteiger partial charge < -0.3 is 0 Å². The normalized spacial score (nSPS) is 16.1. The second-order valence-electron chi connectivity index (χ2n) is 4.36. The van der Waals surface area contributed by atoms with Crippen LogP contribution in [0.5, 0.6) is 0 Å². The van der Waals surface area contributed by atoms with Gasteiger partial charge in [0.1, 0.15) is 0 Å². The summed E-state index contributed by atoms with van der Waals surface area (Å²) < 4.78 is 0. The molecule has 1 aliphatic heterocycles. The molecular formula is C14H17N. The van der Waals surface area contributed by atoms with E-state index in [0.29, 0.717) is 5.92 Å². The third kappa shape index (κ3) is 2.01. The number of allylic oxidation sites excluding steroid dienone is 2. The van der Waals surface area contributed by atoms with Crippen molar-refractivity contribution in [3.8, 4) is 0 Å². The van der Waals surface area contributed by atoms with Crippen molar-refractivity contribution >= 4 is 11.3 Å². The number of rotatable bonds is 2. The third-order valence-electron chi connectivity index (χ3n) is 2.89. The van der Waals surface area contributed by atoms with Crippen molar-refractivity contribution in [2.75, 3.05) is 0 Å². The molecule has 1 aromatic rings. The maximum atomic E-state index is 4.64. The molecule has 2 rings (SSSR count). The monoisotopic (exact) mass is 199 g/mol. The van der Waals surface area contributed by atoms with Crippen LogP contribution in [-0.2, 0) is 0 Å². The fourth-order valence-electron chi connectivity index (χ4n) is 1.91. The van der Waals surface area contributed by atoms with Gasteiger partial charge in [-0.05, 0) is 24.0 Å². The maximum Gasteiger partial charge on any atom is 0.0414 e. The zero-order valence-electron chi connectivity index (χ0n) is 9.62. The van der Waals surface area contributed by atoms with Crippen LogP contribution in [0.2, 0.25) is 0 Å². The summed E-state index contributed by atoms with van der Waals surface area (Å²) in [4.78, 5) is 4.64. The molecule has 0 N–H and O–H groups in total. The Bertz CT molecular complexity index is 410. The van der Waals surface area contributed by atoms with Crippen LogP contribution in [0.4, 0.5) is 0 Å². The molecule has 0 saturated carbocycles. The second-order valence-corrected chi connectivity index (χ2v) is 4.36. The van der Waals surface area contributed by atoms with Gasteiger partial charge in [0.2, 0.25) is 0 Å². The third-order valence-corrected chi connectivity index (χ3v) is 2.89. The minimum absolute atomic E-state index is 0.557.